The van der Waals surface area contributed by atoms with Gasteiger partial charge >= 0.3 is 0 Å². The van der Waals surface area contributed by atoms with Gasteiger partial charge in [-0.2, -0.15) is 11.3 Å². The van der Waals surface area contributed by atoms with E-state index in [1.165, 1.54) is 27.5 Å². The summed E-state index contributed by atoms with van der Waals surface area (Å²) in [6, 6.07) is 13.2. The Morgan fingerprint density at radius 3 is 2.88 bits per heavy atom. The number of nitrogens with one attached hydrogen (secondary N) is 1. The average molecular weight is 335 g/mol. The Morgan fingerprint density at radius 1 is 1.21 bits per heavy atom. The number of rotatable bonds is 4. The highest BCUT2D eigenvalue weighted by Crippen LogP contribution is 2.42. The van der Waals surface area contributed by atoms with Crippen molar-refractivity contribution in [2.75, 3.05) is 11.9 Å². The normalized spacial score (nSPS) is 16.4. The summed E-state index contributed by atoms with van der Waals surface area (Å²) in [7, 11) is 0. The third kappa shape index (κ3) is 2.59. The molecule has 0 saturated heterocycles. The molecule has 1 aromatic heterocycles. The van der Waals surface area contributed by atoms with Crippen LogP contribution in [0.1, 0.15) is 31.4 Å². The lowest BCUT2D eigenvalue weighted by atomic mass is 9.91. The first-order chi connectivity index (χ1) is 11.8. The second-order valence-electron chi connectivity index (χ2n) is 6.21. The summed E-state index contributed by atoms with van der Waals surface area (Å²) >= 11 is 1.74. The fourth-order valence-corrected chi connectivity index (χ4v) is 3.98. The molecule has 24 heavy (non-hydrogen) atoms. The minimum atomic E-state index is 0.261. The van der Waals surface area contributed by atoms with Crippen LogP contribution in [0.4, 0.5) is 5.69 Å². The summed E-state index contributed by atoms with van der Waals surface area (Å²) in [6.07, 6.45) is 3.34. The van der Waals surface area contributed by atoms with Gasteiger partial charge in [0.2, 0.25) is 0 Å². The molecule has 4 rings (SSSR count). The van der Waals surface area contributed by atoms with Gasteiger partial charge in [-0.05, 0) is 64.2 Å². The molecule has 2 aromatic carbocycles. The van der Waals surface area contributed by atoms with Crippen molar-refractivity contribution >= 4 is 39.4 Å². The van der Waals surface area contributed by atoms with Crippen LogP contribution in [0.25, 0.3) is 22.4 Å². The summed E-state index contributed by atoms with van der Waals surface area (Å²) in [5.74, 6) is 0.956. The molecule has 3 aromatic rings. The molecule has 0 bridgehead atoms. The summed E-state index contributed by atoms with van der Waals surface area (Å²) in [6.45, 7) is 5.09. The maximum atomic E-state index is 6.05. The Kier molecular flexibility index (Phi) is 4.03. The smallest absolute Gasteiger partial charge is 0.143 e. The molecule has 1 unspecified atom stereocenters. The molecule has 0 radical (unpaired) electrons. The monoisotopic (exact) mass is 335 g/mol. The Bertz CT molecular complexity index is 896. The maximum absolute atomic E-state index is 6.05. The summed E-state index contributed by atoms with van der Waals surface area (Å²) in [4.78, 5) is 0. The Morgan fingerprint density at radius 2 is 2.08 bits per heavy atom. The van der Waals surface area contributed by atoms with Gasteiger partial charge in [-0.15, -0.1) is 0 Å². The van der Waals surface area contributed by atoms with Gasteiger partial charge < -0.3 is 10.1 Å². The van der Waals surface area contributed by atoms with Crippen LogP contribution in [-0.4, -0.2) is 12.6 Å². The molecular weight excluding hydrogens is 314 g/mol. The first-order valence-electron chi connectivity index (χ1n) is 8.47. The first kappa shape index (κ1) is 15.3. The second-order valence-corrected chi connectivity index (χ2v) is 6.99. The quantitative estimate of drug-likeness (QED) is 0.627. The number of ether oxygens (including phenoxy) is 1. The predicted molar refractivity (Wildman–Crippen MR) is 105 cm³/mol. The topological polar surface area (TPSA) is 21.3 Å². The predicted octanol–water partition coefficient (Wildman–Crippen LogP) is 6.04. The van der Waals surface area contributed by atoms with Gasteiger partial charge in [-0.3, -0.25) is 0 Å². The van der Waals surface area contributed by atoms with Gasteiger partial charge in [0, 0.05) is 11.6 Å². The highest BCUT2D eigenvalue weighted by atomic mass is 32.1. The molecule has 1 atom stereocenters. The molecular formula is C21H21NOS. The fourth-order valence-electron chi connectivity index (χ4n) is 3.31. The highest BCUT2D eigenvalue weighted by Gasteiger charge is 2.23. The van der Waals surface area contributed by atoms with Crippen LogP contribution in [0.2, 0.25) is 0 Å². The molecule has 1 N–H and O–H groups in total. The van der Waals surface area contributed by atoms with E-state index in [-0.39, 0.29) is 6.04 Å². The number of benzene rings is 2. The van der Waals surface area contributed by atoms with Crippen LogP contribution in [0.5, 0.6) is 5.75 Å². The molecule has 0 saturated carbocycles. The van der Waals surface area contributed by atoms with E-state index in [2.05, 4.69) is 72.4 Å². The summed E-state index contributed by atoms with van der Waals surface area (Å²) in [5, 5.41) is 10.5. The lowest BCUT2D eigenvalue weighted by molar-refractivity contribution is 0.319. The minimum absolute atomic E-state index is 0.261. The van der Waals surface area contributed by atoms with Crippen LogP contribution in [0.15, 0.2) is 47.2 Å². The molecule has 0 aliphatic carbocycles. The zero-order chi connectivity index (χ0) is 16.5. The Balaban J connectivity index is 1.94. The van der Waals surface area contributed by atoms with E-state index in [9.17, 15) is 0 Å². The van der Waals surface area contributed by atoms with Crippen molar-refractivity contribution in [3.05, 3.63) is 58.3 Å². The molecule has 2 heterocycles. The van der Waals surface area contributed by atoms with E-state index >= 15 is 0 Å². The molecule has 122 valence electrons. The van der Waals surface area contributed by atoms with Crippen LogP contribution < -0.4 is 10.1 Å². The van der Waals surface area contributed by atoms with Crippen molar-refractivity contribution in [1.29, 1.82) is 0 Å². The molecule has 3 heteroatoms. The van der Waals surface area contributed by atoms with Gasteiger partial charge in [-0.25, -0.2) is 0 Å². The van der Waals surface area contributed by atoms with E-state index in [1.54, 1.807) is 11.3 Å². The number of fused-ring (bicyclic) bond motifs is 3. The molecule has 0 fully saturated rings. The van der Waals surface area contributed by atoms with E-state index in [4.69, 9.17) is 4.74 Å². The molecule has 1 aliphatic rings. The van der Waals surface area contributed by atoms with Crippen molar-refractivity contribution in [2.45, 2.75) is 26.3 Å². The van der Waals surface area contributed by atoms with Gasteiger partial charge in [0.1, 0.15) is 5.75 Å². The largest absolute Gasteiger partial charge is 0.491 e. The van der Waals surface area contributed by atoms with Crippen LogP contribution >= 0.6 is 11.3 Å². The zero-order valence-corrected chi connectivity index (χ0v) is 14.8. The summed E-state index contributed by atoms with van der Waals surface area (Å²) in [5.41, 5.74) is 4.99. The van der Waals surface area contributed by atoms with Crippen molar-refractivity contribution in [3.63, 3.8) is 0 Å². The van der Waals surface area contributed by atoms with E-state index in [1.807, 2.05) is 0 Å². The van der Waals surface area contributed by atoms with Crippen molar-refractivity contribution in [1.82, 2.24) is 0 Å². The molecule has 1 aliphatic heterocycles. The molecule has 2 nitrogen and oxygen atoms in total. The third-order valence-corrected chi connectivity index (χ3v) is 5.18. The lowest BCUT2D eigenvalue weighted by Gasteiger charge is -2.28. The highest BCUT2D eigenvalue weighted by molar-refractivity contribution is 7.08. The fraction of sp³-hybridized carbons (Fsp3) is 0.238. The summed E-state index contributed by atoms with van der Waals surface area (Å²) < 4.78 is 6.05. The number of anilines is 1. The van der Waals surface area contributed by atoms with Gasteiger partial charge in [0.25, 0.3) is 0 Å². The van der Waals surface area contributed by atoms with Crippen molar-refractivity contribution < 1.29 is 4.74 Å². The second kappa shape index (κ2) is 6.33. The maximum Gasteiger partial charge on any atom is 0.143 e. The van der Waals surface area contributed by atoms with Gasteiger partial charge in [0.15, 0.2) is 0 Å². The van der Waals surface area contributed by atoms with Crippen molar-refractivity contribution in [3.8, 4) is 5.75 Å². The SMILES string of the molecule is CCCOc1cc2ccccc2c2c1NC(C)C(c1ccsc1)=C2. The van der Waals surface area contributed by atoms with Gasteiger partial charge in [-0.1, -0.05) is 31.2 Å². The van der Waals surface area contributed by atoms with E-state index in [0.717, 1.165) is 24.5 Å². The van der Waals surface area contributed by atoms with Gasteiger partial charge in [0.05, 0.1) is 12.3 Å². The van der Waals surface area contributed by atoms with E-state index in [0.29, 0.717) is 0 Å². The Hall–Kier alpha value is -2.26. The zero-order valence-electron chi connectivity index (χ0n) is 14.0. The Labute approximate surface area is 146 Å². The molecule has 0 amide bonds. The number of hydrogen-bond donors (Lipinski definition) is 1. The number of thiophene rings is 1. The minimum Gasteiger partial charge on any atom is -0.491 e. The van der Waals surface area contributed by atoms with Crippen LogP contribution in [0, 0.1) is 0 Å². The third-order valence-electron chi connectivity index (χ3n) is 4.50. The average Bonchev–Trinajstić information content (AvgIpc) is 3.13. The first-order valence-corrected chi connectivity index (χ1v) is 9.41. The number of hydrogen-bond acceptors (Lipinski definition) is 3. The molecule has 0 spiro atoms. The van der Waals surface area contributed by atoms with Crippen LogP contribution in [0.3, 0.4) is 0 Å². The lowest BCUT2D eigenvalue weighted by Crippen LogP contribution is -2.21. The standard InChI is InChI=1S/C21H21NOS/c1-3-9-23-20-11-15-6-4-5-7-17(15)19-12-18(14(2)22-21(19)20)16-8-10-24-13-16/h4-8,10-14,22H,3,9H2,1-2H3. The van der Waals surface area contributed by atoms with E-state index < -0.39 is 0 Å². The van der Waals surface area contributed by atoms with Crippen LogP contribution in [-0.2, 0) is 0 Å². The van der Waals surface area contributed by atoms with Crippen molar-refractivity contribution in [2.24, 2.45) is 0 Å².